The van der Waals surface area contributed by atoms with Gasteiger partial charge in [0.15, 0.2) is 0 Å². The molecule has 1 unspecified atom stereocenters. The predicted octanol–water partition coefficient (Wildman–Crippen LogP) is 1.81. The lowest BCUT2D eigenvalue weighted by Crippen LogP contribution is -2.30. The summed E-state index contributed by atoms with van der Waals surface area (Å²) in [5.41, 5.74) is 6.31. The number of nitrogens with zero attached hydrogens (tertiary/aromatic N) is 3. The number of aromatic nitrogens is 2. The third-order valence-corrected chi connectivity index (χ3v) is 2.74. The van der Waals surface area contributed by atoms with Gasteiger partial charge >= 0.3 is 0 Å². The largest absolute Gasteiger partial charge is 0.356 e. The summed E-state index contributed by atoms with van der Waals surface area (Å²) in [6.07, 6.45) is 4.68. The van der Waals surface area contributed by atoms with Crippen LogP contribution in [-0.4, -0.2) is 23.1 Å². The summed E-state index contributed by atoms with van der Waals surface area (Å²) in [5.74, 6) is 1.60. The lowest BCUT2D eigenvalue weighted by atomic mass is 10.0. The zero-order valence-corrected chi connectivity index (χ0v) is 10.6. The first kappa shape index (κ1) is 12.9. The molecule has 1 heterocycles. The second-order valence-corrected chi connectivity index (χ2v) is 4.66. The van der Waals surface area contributed by atoms with E-state index in [-0.39, 0.29) is 0 Å². The summed E-state index contributed by atoms with van der Waals surface area (Å²) in [6, 6.07) is 0.470. The molecule has 1 aromatic heterocycles. The van der Waals surface area contributed by atoms with Crippen molar-refractivity contribution in [2.75, 3.05) is 11.9 Å². The van der Waals surface area contributed by atoms with Gasteiger partial charge in [-0.05, 0) is 19.3 Å². The van der Waals surface area contributed by atoms with E-state index in [1.165, 1.54) is 0 Å². The third kappa shape index (κ3) is 3.45. The average molecular weight is 222 g/mol. The lowest BCUT2D eigenvalue weighted by Gasteiger charge is -2.27. The Morgan fingerprint density at radius 2 is 1.94 bits per heavy atom. The number of anilines is 1. The van der Waals surface area contributed by atoms with Gasteiger partial charge < -0.3 is 10.6 Å². The van der Waals surface area contributed by atoms with Crippen molar-refractivity contribution in [3.05, 3.63) is 18.1 Å². The van der Waals surface area contributed by atoms with Crippen LogP contribution in [0.2, 0.25) is 0 Å². The quantitative estimate of drug-likeness (QED) is 0.825. The summed E-state index contributed by atoms with van der Waals surface area (Å²) in [5, 5.41) is 0. The number of rotatable bonds is 5. The van der Waals surface area contributed by atoms with Crippen molar-refractivity contribution < 1.29 is 0 Å². The van der Waals surface area contributed by atoms with E-state index in [0.717, 1.165) is 17.9 Å². The van der Waals surface area contributed by atoms with Crippen LogP contribution < -0.4 is 10.6 Å². The minimum Gasteiger partial charge on any atom is -0.356 e. The van der Waals surface area contributed by atoms with Crippen LogP contribution in [0.1, 0.15) is 32.9 Å². The van der Waals surface area contributed by atoms with Crippen LogP contribution in [0.4, 0.5) is 5.82 Å². The fourth-order valence-corrected chi connectivity index (χ4v) is 1.70. The summed E-state index contributed by atoms with van der Waals surface area (Å²) in [6.45, 7) is 7.11. The van der Waals surface area contributed by atoms with Crippen molar-refractivity contribution in [2.45, 2.75) is 39.8 Å². The van der Waals surface area contributed by atoms with E-state index in [1.807, 2.05) is 0 Å². The molecular formula is C12H22N4. The van der Waals surface area contributed by atoms with Gasteiger partial charge in [-0.2, -0.15) is 0 Å². The molecule has 1 aromatic rings. The minimum atomic E-state index is 0.443. The third-order valence-electron chi connectivity index (χ3n) is 2.74. The normalized spacial score (nSPS) is 12.9. The van der Waals surface area contributed by atoms with E-state index < -0.39 is 0 Å². The van der Waals surface area contributed by atoms with Crippen LogP contribution in [0.25, 0.3) is 0 Å². The summed E-state index contributed by atoms with van der Waals surface area (Å²) >= 11 is 0. The highest BCUT2D eigenvalue weighted by atomic mass is 15.2. The monoisotopic (exact) mass is 222 g/mol. The van der Waals surface area contributed by atoms with Crippen molar-refractivity contribution in [1.29, 1.82) is 0 Å². The van der Waals surface area contributed by atoms with Crippen molar-refractivity contribution in [3.8, 4) is 0 Å². The minimum absolute atomic E-state index is 0.443. The molecule has 0 saturated carbocycles. The molecule has 0 amide bonds. The van der Waals surface area contributed by atoms with Crippen molar-refractivity contribution in [3.63, 3.8) is 0 Å². The number of hydrogen-bond acceptors (Lipinski definition) is 4. The van der Waals surface area contributed by atoms with Crippen LogP contribution in [0.3, 0.4) is 0 Å². The average Bonchev–Trinajstić information content (AvgIpc) is 2.27. The smallest absolute Gasteiger partial charge is 0.147 e. The molecule has 1 atom stereocenters. The second kappa shape index (κ2) is 5.80. The van der Waals surface area contributed by atoms with Gasteiger partial charge in [0, 0.05) is 19.6 Å². The molecule has 4 heteroatoms. The molecule has 4 nitrogen and oxygen atoms in total. The Labute approximate surface area is 97.9 Å². The molecule has 0 bridgehead atoms. The Hall–Kier alpha value is -1.16. The van der Waals surface area contributed by atoms with Gasteiger partial charge in [0.1, 0.15) is 5.82 Å². The molecule has 1 rings (SSSR count). The van der Waals surface area contributed by atoms with Crippen LogP contribution in [-0.2, 0) is 6.54 Å². The van der Waals surface area contributed by atoms with E-state index in [2.05, 4.69) is 42.7 Å². The Balaban J connectivity index is 2.67. The second-order valence-electron chi connectivity index (χ2n) is 4.66. The zero-order chi connectivity index (χ0) is 12.1. The topological polar surface area (TPSA) is 55.0 Å². The van der Waals surface area contributed by atoms with Gasteiger partial charge in [-0.25, -0.2) is 4.98 Å². The van der Waals surface area contributed by atoms with E-state index in [0.29, 0.717) is 18.5 Å². The Kier molecular flexibility index (Phi) is 4.68. The SMILES string of the molecule is CC(C)CC(C)N(C)c1cnc(CN)cn1. The van der Waals surface area contributed by atoms with Crippen LogP contribution >= 0.6 is 0 Å². The molecular weight excluding hydrogens is 200 g/mol. The number of nitrogens with two attached hydrogens (primary N) is 1. The molecule has 0 aliphatic heterocycles. The molecule has 16 heavy (non-hydrogen) atoms. The maximum Gasteiger partial charge on any atom is 0.147 e. The summed E-state index contributed by atoms with van der Waals surface area (Å²) in [7, 11) is 2.05. The predicted molar refractivity (Wildman–Crippen MR) is 67.2 cm³/mol. The van der Waals surface area contributed by atoms with Crippen molar-refractivity contribution >= 4 is 5.82 Å². The highest BCUT2D eigenvalue weighted by molar-refractivity contribution is 5.35. The zero-order valence-electron chi connectivity index (χ0n) is 10.6. The van der Waals surface area contributed by atoms with Gasteiger partial charge in [0.05, 0.1) is 18.1 Å². The number of hydrogen-bond donors (Lipinski definition) is 1. The Bertz CT molecular complexity index is 307. The maximum atomic E-state index is 5.49. The molecule has 0 aliphatic rings. The summed E-state index contributed by atoms with van der Waals surface area (Å²) < 4.78 is 0. The standard InChI is InChI=1S/C12H22N4/c1-9(2)5-10(3)16(4)12-8-14-11(6-13)7-15-12/h7-10H,5-6,13H2,1-4H3. The van der Waals surface area contributed by atoms with Gasteiger partial charge in [-0.15, -0.1) is 0 Å². The molecule has 0 spiro atoms. The highest BCUT2D eigenvalue weighted by Crippen LogP contribution is 2.15. The van der Waals surface area contributed by atoms with Crippen molar-refractivity contribution in [1.82, 2.24) is 9.97 Å². The molecule has 0 aromatic carbocycles. The van der Waals surface area contributed by atoms with Gasteiger partial charge in [0.2, 0.25) is 0 Å². The van der Waals surface area contributed by atoms with E-state index in [9.17, 15) is 0 Å². The fraction of sp³-hybridized carbons (Fsp3) is 0.667. The van der Waals surface area contributed by atoms with Gasteiger partial charge in [-0.1, -0.05) is 13.8 Å². The first-order valence-corrected chi connectivity index (χ1v) is 5.78. The van der Waals surface area contributed by atoms with E-state index >= 15 is 0 Å². The first-order chi connectivity index (χ1) is 7.54. The van der Waals surface area contributed by atoms with Gasteiger partial charge in [-0.3, -0.25) is 4.98 Å². The maximum absolute atomic E-state index is 5.49. The lowest BCUT2D eigenvalue weighted by molar-refractivity contribution is 0.501. The molecule has 90 valence electrons. The Morgan fingerprint density at radius 3 is 2.38 bits per heavy atom. The van der Waals surface area contributed by atoms with Crippen molar-refractivity contribution in [2.24, 2.45) is 11.7 Å². The fourth-order valence-electron chi connectivity index (χ4n) is 1.70. The highest BCUT2D eigenvalue weighted by Gasteiger charge is 2.12. The van der Waals surface area contributed by atoms with Crippen LogP contribution in [0.15, 0.2) is 12.4 Å². The van der Waals surface area contributed by atoms with E-state index in [4.69, 9.17) is 5.73 Å². The summed E-state index contributed by atoms with van der Waals surface area (Å²) in [4.78, 5) is 10.8. The van der Waals surface area contributed by atoms with E-state index in [1.54, 1.807) is 12.4 Å². The molecule has 0 radical (unpaired) electrons. The van der Waals surface area contributed by atoms with Gasteiger partial charge in [0.25, 0.3) is 0 Å². The van der Waals surface area contributed by atoms with Crippen LogP contribution in [0.5, 0.6) is 0 Å². The molecule has 2 N–H and O–H groups in total. The molecule has 0 fully saturated rings. The molecule has 0 aliphatic carbocycles. The first-order valence-electron chi connectivity index (χ1n) is 5.78. The van der Waals surface area contributed by atoms with Crippen LogP contribution in [0, 0.1) is 5.92 Å². The Morgan fingerprint density at radius 1 is 1.25 bits per heavy atom. The molecule has 0 saturated heterocycles.